The van der Waals surface area contributed by atoms with E-state index in [2.05, 4.69) is 29.4 Å². The number of benzene rings is 1. The summed E-state index contributed by atoms with van der Waals surface area (Å²) in [5, 5.41) is 5.86. The lowest BCUT2D eigenvalue weighted by molar-refractivity contribution is 0.412. The first kappa shape index (κ1) is 18.0. The number of methoxy groups -OCH3 is 1. The Morgan fingerprint density at radius 2 is 1.90 bits per heavy atom. The Bertz CT molecular complexity index is 598. The number of hydrogen-bond donors (Lipinski definition) is 1. The molecule has 1 aromatic carbocycles. The molecule has 0 spiro atoms. The Labute approximate surface area is 138 Å². The summed E-state index contributed by atoms with van der Waals surface area (Å²) in [5.41, 5.74) is 2.43. The Morgan fingerprint density at radius 1 is 1.19 bits per heavy atom. The normalized spacial score (nSPS) is 15.1. The number of nitrogens with zero attached hydrogens (tertiary/aromatic N) is 1. The van der Waals surface area contributed by atoms with Gasteiger partial charge in [-0.1, -0.05) is 0 Å². The van der Waals surface area contributed by atoms with E-state index in [4.69, 9.17) is 4.74 Å². The molecule has 0 aliphatic carbocycles. The van der Waals surface area contributed by atoms with E-state index in [1.807, 2.05) is 12.3 Å². The molecule has 3 nitrogen and oxygen atoms in total. The molecule has 0 amide bonds. The van der Waals surface area contributed by atoms with Gasteiger partial charge in [-0.2, -0.15) is 0 Å². The highest BCUT2D eigenvalue weighted by Gasteiger charge is 2.17. The maximum Gasteiger partial charge on any atom is 0.122 e. The fourth-order valence-electron chi connectivity index (χ4n) is 2.92. The average molecular weight is 329 g/mol. The molecule has 116 valence electrons. The third kappa shape index (κ3) is 3.60. The van der Waals surface area contributed by atoms with Crippen molar-refractivity contribution in [2.24, 2.45) is 0 Å². The van der Waals surface area contributed by atoms with Gasteiger partial charge in [0, 0.05) is 23.2 Å². The first-order valence-corrected chi connectivity index (χ1v) is 6.93. The number of piperidine rings is 1. The Balaban J connectivity index is 0.00000110. The van der Waals surface area contributed by atoms with Crippen molar-refractivity contribution in [3.63, 3.8) is 0 Å². The summed E-state index contributed by atoms with van der Waals surface area (Å²) in [6.07, 6.45) is 4.36. The smallest absolute Gasteiger partial charge is 0.122 e. The number of nitrogens with one attached hydrogen (secondary N) is 1. The van der Waals surface area contributed by atoms with Crippen molar-refractivity contribution >= 4 is 35.6 Å². The maximum absolute atomic E-state index is 5.41. The summed E-state index contributed by atoms with van der Waals surface area (Å²) in [6.45, 7) is 4.32. The Kier molecular flexibility index (Phi) is 6.72. The quantitative estimate of drug-likeness (QED) is 0.908. The lowest BCUT2D eigenvalue weighted by Crippen LogP contribution is -2.27. The monoisotopic (exact) mass is 328 g/mol. The number of aromatic nitrogens is 1. The Morgan fingerprint density at radius 3 is 2.57 bits per heavy atom. The van der Waals surface area contributed by atoms with Gasteiger partial charge in [-0.25, -0.2) is 0 Å². The summed E-state index contributed by atoms with van der Waals surface area (Å²) in [5.74, 6) is 1.55. The predicted octanol–water partition coefficient (Wildman–Crippen LogP) is 3.86. The molecule has 3 rings (SSSR count). The molecular weight excluding hydrogens is 307 g/mol. The Hall–Kier alpha value is -1.03. The summed E-state index contributed by atoms with van der Waals surface area (Å²) < 4.78 is 5.41. The van der Waals surface area contributed by atoms with Gasteiger partial charge in [0.05, 0.1) is 7.11 Å². The number of rotatable bonds is 2. The van der Waals surface area contributed by atoms with Crippen molar-refractivity contribution in [2.45, 2.75) is 25.7 Å². The van der Waals surface area contributed by atoms with Gasteiger partial charge in [0.2, 0.25) is 0 Å². The van der Waals surface area contributed by atoms with Gasteiger partial charge in [-0.3, -0.25) is 4.98 Å². The highest BCUT2D eigenvalue weighted by atomic mass is 35.5. The molecule has 1 aliphatic rings. The third-order valence-electron chi connectivity index (χ3n) is 4.12. The first-order valence-electron chi connectivity index (χ1n) is 6.93. The van der Waals surface area contributed by atoms with Crippen molar-refractivity contribution in [1.82, 2.24) is 10.3 Å². The van der Waals surface area contributed by atoms with Gasteiger partial charge in [0.1, 0.15) is 5.75 Å². The lowest BCUT2D eigenvalue weighted by Gasteiger charge is -2.22. The number of halogens is 2. The fraction of sp³-hybridized carbons (Fsp3) is 0.438. The van der Waals surface area contributed by atoms with Crippen LogP contribution in [0.25, 0.3) is 10.8 Å². The maximum atomic E-state index is 5.41. The SMILES string of the molecule is COc1ccc2cnc(C3CCNCC3)cc2c1C.Cl.Cl. The molecule has 1 fully saturated rings. The van der Waals surface area contributed by atoms with Crippen molar-refractivity contribution in [3.8, 4) is 5.75 Å². The van der Waals surface area contributed by atoms with Gasteiger partial charge in [0.15, 0.2) is 0 Å². The second-order valence-corrected chi connectivity index (χ2v) is 5.25. The molecule has 21 heavy (non-hydrogen) atoms. The van der Waals surface area contributed by atoms with Crippen LogP contribution in [0.15, 0.2) is 24.4 Å². The van der Waals surface area contributed by atoms with Gasteiger partial charge in [-0.15, -0.1) is 24.8 Å². The molecule has 0 unspecified atom stereocenters. The van der Waals surface area contributed by atoms with Crippen molar-refractivity contribution in [2.75, 3.05) is 20.2 Å². The lowest BCUT2D eigenvalue weighted by atomic mass is 9.92. The molecule has 1 aromatic heterocycles. The molecule has 5 heteroatoms. The average Bonchev–Trinajstić information content (AvgIpc) is 2.48. The van der Waals surface area contributed by atoms with Crippen LogP contribution in [0.2, 0.25) is 0 Å². The van der Waals surface area contributed by atoms with Crippen LogP contribution in [0.1, 0.15) is 30.0 Å². The molecule has 2 aromatic rings. The summed E-state index contributed by atoms with van der Waals surface area (Å²) in [7, 11) is 1.73. The van der Waals surface area contributed by atoms with E-state index in [0.29, 0.717) is 5.92 Å². The molecule has 0 radical (unpaired) electrons. The van der Waals surface area contributed by atoms with E-state index >= 15 is 0 Å². The van der Waals surface area contributed by atoms with E-state index in [-0.39, 0.29) is 24.8 Å². The third-order valence-corrected chi connectivity index (χ3v) is 4.12. The summed E-state index contributed by atoms with van der Waals surface area (Å²) in [6, 6.07) is 6.35. The number of hydrogen-bond acceptors (Lipinski definition) is 3. The van der Waals surface area contributed by atoms with Gasteiger partial charge < -0.3 is 10.1 Å². The molecule has 0 bridgehead atoms. The van der Waals surface area contributed by atoms with Gasteiger partial charge in [-0.05, 0) is 62.0 Å². The molecule has 1 aliphatic heterocycles. The fourth-order valence-corrected chi connectivity index (χ4v) is 2.92. The zero-order valence-corrected chi connectivity index (χ0v) is 14.0. The zero-order valence-electron chi connectivity index (χ0n) is 12.4. The predicted molar refractivity (Wildman–Crippen MR) is 92.4 cm³/mol. The second kappa shape index (κ2) is 7.83. The van der Waals surface area contributed by atoms with Crippen LogP contribution in [0.5, 0.6) is 5.75 Å². The minimum atomic E-state index is 0. The van der Waals surface area contributed by atoms with Crippen LogP contribution >= 0.6 is 24.8 Å². The standard InChI is InChI=1S/C16H20N2O.2ClH/c1-11-14-9-15(12-5-7-17-8-6-12)18-10-13(14)3-4-16(11)19-2;;/h3-4,9-10,12,17H,5-8H2,1-2H3;2*1H. The highest BCUT2D eigenvalue weighted by Crippen LogP contribution is 2.30. The van der Waals surface area contributed by atoms with E-state index in [1.54, 1.807) is 7.11 Å². The molecule has 0 saturated carbocycles. The topological polar surface area (TPSA) is 34.1 Å². The van der Waals surface area contributed by atoms with Crippen LogP contribution in [-0.2, 0) is 0 Å². The minimum absolute atomic E-state index is 0. The van der Waals surface area contributed by atoms with Crippen LogP contribution in [-0.4, -0.2) is 25.2 Å². The van der Waals surface area contributed by atoms with E-state index < -0.39 is 0 Å². The summed E-state index contributed by atoms with van der Waals surface area (Å²) >= 11 is 0. The number of fused-ring (bicyclic) bond motifs is 1. The molecular formula is C16H22Cl2N2O. The van der Waals surface area contributed by atoms with E-state index in [0.717, 1.165) is 18.8 Å². The van der Waals surface area contributed by atoms with E-state index in [9.17, 15) is 0 Å². The van der Waals surface area contributed by atoms with Crippen molar-refractivity contribution < 1.29 is 4.74 Å². The van der Waals surface area contributed by atoms with Gasteiger partial charge in [0.25, 0.3) is 0 Å². The molecule has 1 N–H and O–H groups in total. The molecule has 2 heterocycles. The van der Waals surface area contributed by atoms with E-state index in [1.165, 1.54) is 34.9 Å². The van der Waals surface area contributed by atoms with Crippen molar-refractivity contribution in [1.29, 1.82) is 0 Å². The second-order valence-electron chi connectivity index (χ2n) is 5.25. The molecule has 0 atom stereocenters. The van der Waals surface area contributed by atoms with Crippen molar-refractivity contribution in [3.05, 3.63) is 35.7 Å². The first-order chi connectivity index (χ1) is 9.29. The number of pyridine rings is 1. The number of ether oxygens (including phenoxy) is 1. The van der Waals surface area contributed by atoms with Crippen LogP contribution < -0.4 is 10.1 Å². The van der Waals surface area contributed by atoms with Crippen LogP contribution in [0, 0.1) is 6.92 Å². The zero-order chi connectivity index (χ0) is 13.2. The van der Waals surface area contributed by atoms with Gasteiger partial charge >= 0.3 is 0 Å². The van der Waals surface area contributed by atoms with Crippen LogP contribution in [0.3, 0.4) is 0 Å². The largest absolute Gasteiger partial charge is 0.496 e. The number of aryl methyl sites for hydroxylation is 1. The highest BCUT2D eigenvalue weighted by molar-refractivity contribution is 5.87. The summed E-state index contributed by atoms with van der Waals surface area (Å²) in [4.78, 5) is 4.66. The minimum Gasteiger partial charge on any atom is -0.496 e. The van der Waals surface area contributed by atoms with Crippen LogP contribution in [0.4, 0.5) is 0 Å². The molecule has 1 saturated heterocycles.